The van der Waals surface area contributed by atoms with Gasteiger partial charge < -0.3 is 0 Å². The summed E-state index contributed by atoms with van der Waals surface area (Å²) in [5.41, 5.74) is -4.02. The third kappa shape index (κ3) is 2.60. The summed E-state index contributed by atoms with van der Waals surface area (Å²) in [6, 6.07) is 1.70. The Labute approximate surface area is 101 Å². The lowest BCUT2D eigenvalue weighted by Gasteiger charge is -2.24. The second-order valence-electron chi connectivity index (χ2n) is 4.83. The van der Waals surface area contributed by atoms with E-state index in [0.29, 0.717) is 0 Å². The van der Waals surface area contributed by atoms with Crippen LogP contribution in [0.2, 0.25) is 0 Å². The molecule has 0 fully saturated rings. The van der Waals surface area contributed by atoms with E-state index < -0.39 is 33.6 Å². The van der Waals surface area contributed by atoms with Gasteiger partial charge in [-0.05, 0) is 11.0 Å². The van der Waals surface area contributed by atoms with Crippen LogP contribution in [0.3, 0.4) is 0 Å². The van der Waals surface area contributed by atoms with E-state index in [4.69, 9.17) is 0 Å². The highest BCUT2D eigenvalue weighted by Gasteiger charge is 2.42. The molecule has 0 amide bonds. The van der Waals surface area contributed by atoms with Gasteiger partial charge in [0.1, 0.15) is 5.56 Å². The van der Waals surface area contributed by atoms with Gasteiger partial charge in [0.2, 0.25) is 5.82 Å². The fourth-order valence-electron chi connectivity index (χ4n) is 1.61. The minimum Gasteiger partial charge on any atom is -0.258 e. The molecule has 0 heterocycles. The van der Waals surface area contributed by atoms with Crippen molar-refractivity contribution in [2.45, 2.75) is 32.4 Å². The van der Waals surface area contributed by atoms with Gasteiger partial charge in [-0.15, -0.1) is 0 Å². The number of hydrogen-bond acceptors (Lipinski definition) is 2. The molecule has 7 heteroatoms. The molecule has 1 aromatic rings. The SMILES string of the molecule is CC(C)(C)c1ccc([N+](=O)[O-])c(F)c1C(F)(F)F. The molecule has 0 radical (unpaired) electrons. The summed E-state index contributed by atoms with van der Waals surface area (Å²) in [7, 11) is 0. The molecule has 0 atom stereocenters. The number of rotatable bonds is 1. The first kappa shape index (κ1) is 14.4. The first-order valence-corrected chi connectivity index (χ1v) is 5.01. The number of alkyl halides is 3. The molecule has 0 aliphatic rings. The maximum absolute atomic E-state index is 13.6. The van der Waals surface area contributed by atoms with E-state index in [1.165, 1.54) is 20.8 Å². The average Bonchev–Trinajstić information content (AvgIpc) is 2.12. The lowest BCUT2D eigenvalue weighted by Crippen LogP contribution is -2.21. The minimum absolute atomic E-state index is 0.307. The number of nitrogens with zero attached hydrogens (tertiary/aromatic N) is 1. The summed E-state index contributed by atoms with van der Waals surface area (Å²) in [5.74, 6) is -1.83. The largest absolute Gasteiger partial charge is 0.419 e. The molecule has 0 aromatic heterocycles. The lowest BCUT2D eigenvalue weighted by molar-refractivity contribution is -0.387. The van der Waals surface area contributed by atoms with Crippen molar-refractivity contribution >= 4 is 5.69 Å². The fraction of sp³-hybridized carbons (Fsp3) is 0.455. The highest BCUT2D eigenvalue weighted by atomic mass is 19.4. The van der Waals surface area contributed by atoms with Crippen molar-refractivity contribution in [1.29, 1.82) is 0 Å². The second-order valence-corrected chi connectivity index (χ2v) is 4.83. The van der Waals surface area contributed by atoms with Gasteiger partial charge in [0.15, 0.2) is 0 Å². The van der Waals surface area contributed by atoms with Crippen LogP contribution in [-0.2, 0) is 11.6 Å². The molecule has 0 N–H and O–H groups in total. The molecule has 0 saturated heterocycles. The topological polar surface area (TPSA) is 43.1 Å². The van der Waals surface area contributed by atoms with Crippen LogP contribution in [0.25, 0.3) is 0 Å². The minimum atomic E-state index is -4.97. The zero-order valence-corrected chi connectivity index (χ0v) is 9.93. The van der Waals surface area contributed by atoms with Gasteiger partial charge in [-0.3, -0.25) is 10.1 Å². The van der Waals surface area contributed by atoms with Crippen LogP contribution in [0.15, 0.2) is 12.1 Å². The Bertz CT molecular complexity index is 489. The van der Waals surface area contributed by atoms with E-state index in [0.717, 1.165) is 12.1 Å². The first-order chi connectivity index (χ1) is 7.96. The monoisotopic (exact) mass is 265 g/mol. The molecule has 0 aliphatic carbocycles. The Morgan fingerprint density at radius 1 is 1.17 bits per heavy atom. The van der Waals surface area contributed by atoms with Crippen molar-refractivity contribution in [3.63, 3.8) is 0 Å². The fourth-order valence-corrected chi connectivity index (χ4v) is 1.61. The van der Waals surface area contributed by atoms with Crippen molar-refractivity contribution in [1.82, 2.24) is 0 Å². The predicted octanol–water partition coefficient (Wildman–Crippen LogP) is 4.05. The van der Waals surface area contributed by atoms with Crippen molar-refractivity contribution in [2.24, 2.45) is 0 Å². The highest BCUT2D eigenvalue weighted by molar-refractivity contribution is 5.46. The first-order valence-electron chi connectivity index (χ1n) is 5.01. The molecule has 100 valence electrons. The zero-order valence-electron chi connectivity index (χ0n) is 9.93. The molecular formula is C11H11F4NO2. The Kier molecular flexibility index (Phi) is 3.38. The maximum atomic E-state index is 13.6. The normalized spacial score (nSPS) is 12.6. The van der Waals surface area contributed by atoms with Gasteiger partial charge in [0, 0.05) is 6.07 Å². The van der Waals surface area contributed by atoms with Crippen LogP contribution in [-0.4, -0.2) is 4.92 Å². The molecule has 18 heavy (non-hydrogen) atoms. The van der Waals surface area contributed by atoms with Gasteiger partial charge in [-0.25, -0.2) is 0 Å². The van der Waals surface area contributed by atoms with E-state index in [9.17, 15) is 27.7 Å². The van der Waals surface area contributed by atoms with Gasteiger partial charge in [-0.1, -0.05) is 26.8 Å². The molecule has 1 aromatic carbocycles. The quantitative estimate of drug-likeness (QED) is 0.436. The third-order valence-corrected chi connectivity index (χ3v) is 2.41. The number of hydrogen-bond donors (Lipinski definition) is 0. The number of nitro benzene ring substituents is 1. The van der Waals surface area contributed by atoms with Crippen LogP contribution in [0.5, 0.6) is 0 Å². The summed E-state index contributed by atoms with van der Waals surface area (Å²) < 4.78 is 52.1. The standard InChI is InChI=1S/C11H11F4NO2/c1-10(2,3)6-4-5-7(16(17)18)9(12)8(6)11(13,14)15/h4-5H,1-3H3. The maximum Gasteiger partial charge on any atom is 0.419 e. The Morgan fingerprint density at radius 3 is 2.00 bits per heavy atom. The summed E-state index contributed by atoms with van der Waals surface area (Å²) >= 11 is 0. The molecule has 0 spiro atoms. The van der Waals surface area contributed by atoms with Gasteiger partial charge >= 0.3 is 11.9 Å². The Morgan fingerprint density at radius 2 is 1.67 bits per heavy atom. The lowest BCUT2D eigenvalue weighted by atomic mass is 9.83. The molecule has 0 aliphatic heterocycles. The molecule has 0 saturated carbocycles. The number of halogens is 4. The van der Waals surface area contributed by atoms with Crippen molar-refractivity contribution in [3.05, 3.63) is 39.2 Å². The van der Waals surface area contributed by atoms with Crippen molar-refractivity contribution in [2.75, 3.05) is 0 Å². The van der Waals surface area contributed by atoms with E-state index in [-0.39, 0.29) is 5.56 Å². The van der Waals surface area contributed by atoms with Crippen LogP contribution >= 0.6 is 0 Å². The van der Waals surface area contributed by atoms with Crippen molar-refractivity contribution < 1.29 is 22.5 Å². The van der Waals surface area contributed by atoms with Crippen LogP contribution in [0.4, 0.5) is 23.2 Å². The van der Waals surface area contributed by atoms with Crippen LogP contribution in [0.1, 0.15) is 31.9 Å². The smallest absolute Gasteiger partial charge is 0.258 e. The van der Waals surface area contributed by atoms with Crippen LogP contribution < -0.4 is 0 Å². The predicted molar refractivity (Wildman–Crippen MR) is 56.8 cm³/mol. The molecular weight excluding hydrogens is 254 g/mol. The van der Waals surface area contributed by atoms with Gasteiger partial charge in [0.05, 0.1) is 4.92 Å². The van der Waals surface area contributed by atoms with Gasteiger partial charge in [-0.2, -0.15) is 17.6 Å². The summed E-state index contributed by atoms with van der Waals surface area (Å²) in [6.45, 7) is 4.43. The molecule has 0 unspecified atom stereocenters. The third-order valence-electron chi connectivity index (χ3n) is 2.41. The highest BCUT2D eigenvalue weighted by Crippen LogP contribution is 2.41. The molecule has 1 rings (SSSR count). The number of benzene rings is 1. The van der Waals surface area contributed by atoms with E-state index in [1.54, 1.807) is 0 Å². The summed E-state index contributed by atoms with van der Waals surface area (Å²) in [5, 5.41) is 10.5. The second kappa shape index (κ2) is 4.22. The number of nitro groups is 1. The van der Waals surface area contributed by atoms with E-state index in [1.807, 2.05) is 0 Å². The zero-order chi connectivity index (χ0) is 14.3. The Balaban J connectivity index is 3.69. The molecule has 3 nitrogen and oxygen atoms in total. The summed E-state index contributed by atoms with van der Waals surface area (Å²) in [4.78, 5) is 9.29. The van der Waals surface area contributed by atoms with E-state index >= 15 is 0 Å². The van der Waals surface area contributed by atoms with Crippen LogP contribution in [0, 0.1) is 15.9 Å². The van der Waals surface area contributed by atoms with Gasteiger partial charge in [0.25, 0.3) is 0 Å². The molecule has 0 bridgehead atoms. The average molecular weight is 265 g/mol. The van der Waals surface area contributed by atoms with Crippen molar-refractivity contribution in [3.8, 4) is 0 Å². The summed E-state index contributed by atoms with van der Waals surface area (Å²) in [6.07, 6.45) is -4.97. The van der Waals surface area contributed by atoms with E-state index in [2.05, 4.69) is 0 Å². The Hall–Kier alpha value is -1.66.